The number of halogens is 1. The predicted molar refractivity (Wildman–Crippen MR) is 211 cm³/mol. The van der Waals surface area contributed by atoms with E-state index < -0.39 is 23.4 Å². The number of likely N-dealkylation sites (tertiary alicyclic amines) is 1. The summed E-state index contributed by atoms with van der Waals surface area (Å²) in [6.07, 6.45) is 2.23. The molecule has 3 aliphatic heterocycles. The molecule has 304 valence electrons. The monoisotopic (exact) mass is 776 g/mol. The number of nitrogens with one attached hydrogen (secondary N) is 2. The van der Waals surface area contributed by atoms with Crippen molar-refractivity contribution in [2.75, 3.05) is 105 Å². The molecule has 1 aromatic heterocycles. The lowest BCUT2D eigenvalue weighted by atomic mass is 9.96. The number of hydrogen-bond acceptors (Lipinski definition) is 10. The van der Waals surface area contributed by atoms with Crippen LogP contribution in [0.1, 0.15) is 55.2 Å². The maximum Gasteiger partial charge on any atom is 0.407 e. The van der Waals surface area contributed by atoms with Crippen molar-refractivity contribution in [1.29, 1.82) is 0 Å². The predicted octanol–water partition coefficient (Wildman–Crippen LogP) is 2.81. The number of aromatic amines is 1. The summed E-state index contributed by atoms with van der Waals surface area (Å²) in [6, 6.07) is 11.7. The Morgan fingerprint density at radius 3 is 2.25 bits per heavy atom. The number of aromatic nitrogens is 2. The Bertz CT molecular complexity index is 1860. The molecule has 3 fully saturated rings. The zero-order valence-electron chi connectivity index (χ0n) is 33.1. The Morgan fingerprint density at radius 2 is 1.54 bits per heavy atom. The minimum absolute atomic E-state index is 0.00720. The van der Waals surface area contributed by atoms with E-state index in [0.29, 0.717) is 86.9 Å². The summed E-state index contributed by atoms with van der Waals surface area (Å²) in [5, 5.41) is 10.7. The highest BCUT2D eigenvalue weighted by molar-refractivity contribution is 5.95. The summed E-state index contributed by atoms with van der Waals surface area (Å²) in [4.78, 5) is 61.3. The number of alkyl carbamates (subject to hydrolysis) is 1. The van der Waals surface area contributed by atoms with Crippen LogP contribution in [0, 0.1) is 11.7 Å². The highest BCUT2D eigenvalue weighted by Gasteiger charge is 2.29. The molecule has 0 bridgehead atoms. The van der Waals surface area contributed by atoms with Crippen LogP contribution in [0.15, 0.2) is 47.3 Å². The normalized spacial score (nSPS) is 18.0. The molecule has 3 aromatic rings. The van der Waals surface area contributed by atoms with E-state index in [9.17, 15) is 23.6 Å². The van der Waals surface area contributed by atoms with Crippen LogP contribution in [0.3, 0.4) is 0 Å². The van der Waals surface area contributed by atoms with Gasteiger partial charge in [-0.05, 0) is 76.4 Å². The van der Waals surface area contributed by atoms with Gasteiger partial charge >= 0.3 is 6.09 Å². The van der Waals surface area contributed by atoms with Crippen molar-refractivity contribution < 1.29 is 28.2 Å². The van der Waals surface area contributed by atoms with Gasteiger partial charge in [0.05, 0.1) is 36.4 Å². The molecule has 0 saturated carbocycles. The molecule has 56 heavy (non-hydrogen) atoms. The molecule has 3 saturated heterocycles. The number of piperazine rings is 2. The average Bonchev–Trinajstić information content (AvgIpc) is 3.18. The number of fused-ring (bicyclic) bond motifs is 1. The highest BCUT2D eigenvalue weighted by atomic mass is 19.1. The van der Waals surface area contributed by atoms with Gasteiger partial charge in [0.1, 0.15) is 11.4 Å². The Balaban J connectivity index is 0.855. The second-order valence-electron chi connectivity index (χ2n) is 16.1. The van der Waals surface area contributed by atoms with Gasteiger partial charge in [0, 0.05) is 83.8 Å². The summed E-state index contributed by atoms with van der Waals surface area (Å²) < 4.78 is 25.9. The fourth-order valence-electron chi connectivity index (χ4n) is 7.69. The van der Waals surface area contributed by atoms with Gasteiger partial charge in [-0.25, -0.2) is 14.3 Å². The molecule has 6 rings (SSSR count). The van der Waals surface area contributed by atoms with Crippen molar-refractivity contribution in [1.82, 2.24) is 40.0 Å². The molecule has 2 N–H and O–H groups in total. The molecule has 15 heteroatoms. The van der Waals surface area contributed by atoms with E-state index in [-0.39, 0.29) is 17.0 Å². The Hall–Kier alpha value is -4.44. The summed E-state index contributed by atoms with van der Waals surface area (Å²) in [6.45, 7) is 16.6. The van der Waals surface area contributed by atoms with E-state index in [1.807, 2.05) is 37.8 Å². The van der Waals surface area contributed by atoms with Crippen LogP contribution in [0.4, 0.5) is 9.18 Å². The van der Waals surface area contributed by atoms with Gasteiger partial charge in [-0.3, -0.25) is 19.3 Å². The number of hydrogen-bond donors (Lipinski definition) is 2. The second-order valence-corrected chi connectivity index (χ2v) is 16.1. The van der Waals surface area contributed by atoms with E-state index in [0.717, 1.165) is 65.2 Å². The molecule has 0 radical (unpaired) electrons. The number of piperidine rings is 1. The first-order chi connectivity index (χ1) is 26.9. The highest BCUT2D eigenvalue weighted by Crippen LogP contribution is 2.22. The van der Waals surface area contributed by atoms with Crippen molar-refractivity contribution in [3.05, 3.63) is 75.5 Å². The molecular formula is C41H57FN8O6. The van der Waals surface area contributed by atoms with Crippen LogP contribution in [0.25, 0.3) is 10.8 Å². The van der Waals surface area contributed by atoms with Gasteiger partial charge in [-0.2, -0.15) is 5.10 Å². The van der Waals surface area contributed by atoms with E-state index in [2.05, 4.69) is 30.2 Å². The summed E-state index contributed by atoms with van der Waals surface area (Å²) in [7, 11) is 0. The van der Waals surface area contributed by atoms with E-state index in [4.69, 9.17) is 9.47 Å². The standard InChI is InChI=1S/C41H57FN8O6/c1-41(2,3)56-40(54)43-12-24-55-25-23-46-13-10-30(11-14-46)28-47-15-17-48(18-16-47)29-37(51)49-19-21-50(22-20-49)39(53)34-26-31(8-9-35(34)42)27-36-32-6-4-5-7-33(32)38(52)45-44-36/h4-9,26,30H,10-25,27-29H2,1-3H3,(H,43,54)(H,45,52). The second kappa shape index (κ2) is 19.1. The lowest BCUT2D eigenvalue weighted by Gasteiger charge is -2.40. The van der Waals surface area contributed by atoms with Crippen LogP contribution >= 0.6 is 0 Å². The topological polar surface area (TPSA) is 144 Å². The third-order valence-electron chi connectivity index (χ3n) is 10.8. The maximum atomic E-state index is 15.0. The average molecular weight is 777 g/mol. The minimum atomic E-state index is -0.592. The van der Waals surface area contributed by atoms with E-state index in [1.54, 1.807) is 29.2 Å². The van der Waals surface area contributed by atoms with Crippen LogP contribution in [-0.2, 0) is 20.7 Å². The van der Waals surface area contributed by atoms with E-state index >= 15 is 0 Å². The number of benzene rings is 2. The lowest BCUT2D eigenvalue weighted by Crippen LogP contribution is -2.55. The van der Waals surface area contributed by atoms with Crippen molar-refractivity contribution in [2.24, 2.45) is 5.92 Å². The molecule has 0 atom stereocenters. The Labute approximate surface area is 328 Å². The largest absolute Gasteiger partial charge is 0.444 e. The number of ether oxygens (including phenoxy) is 2. The van der Waals surface area contributed by atoms with E-state index in [1.165, 1.54) is 6.07 Å². The third-order valence-corrected chi connectivity index (χ3v) is 10.8. The van der Waals surface area contributed by atoms with Crippen LogP contribution in [0.2, 0.25) is 0 Å². The van der Waals surface area contributed by atoms with Crippen molar-refractivity contribution in [3.8, 4) is 0 Å². The number of H-pyrrole nitrogens is 1. The fourth-order valence-corrected chi connectivity index (χ4v) is 7.69. The molecule has 0 spiro atoms. The first-order valence-corrected chi connectivity index (χ1v) is 20.0. The zero-order chi connectivity index (χ0) is 39.7. The van der Waals surface area contributed by atoms with Gasteiger partial charge in [-0.15, -0.1) is 0 Å². The first-order valence-electron chi connectivity index (χ1n) is 20.0. The van der Waals surface area contributed by atoms with Crippen molar-refractivity contribution in [3.63, 3.8) is 0 Å². The van der Waals surface area contributed by atoms with Crippen molar-refractivity contribution in [2.45, 2.75) is 45.6 Å². The fraction of sp³-hybridized carbons (Fsp3) is 0.585. The number of rotatable bonds is 13. The minimum Gasteiger partial charge on any atom is -0.444 e. The maximum absolute atomic E-state index is 15.0. The molecular weight excluding hydrogens is 719 g/mol. The Morgan fingerprint density at radius 1 is 0.857 bits per heavy atom. The SMILES string of the molecule is CC(C)(C)OC(=O)NCCOCCN1CCC(CN2CCN(CC(=O)N3CCN(C(=O)c4cc(Cc5n[nH]c(=O)c6ccccc56)ccc4F)CC3)CC2)CC1. The smallest absolute Gasteiger partial charge is 0.407 e. The molecule has 3 amide bonds. The van der Waals surface area contributed by atoms with Crippen LogP contribution in [-0.4, -0.2) is 163 Å². The Kier molecular flexibility index (Phi) is 14.1. The number of amides is 3. The lowest BCUT2D eigenvalue weighted by molar-refractivity contribution is -0.134. The summed E-state index contributed by atoms with van der Waals surface area (Å²) in [5.41, 5.74) is 0.554. The van der Waals surface area contributed by atoms with Gasteiger partial charge in [0.2, 0.25) is 5.91 Å². The first kappa shape index (κ1) is 41.2. The zero-order valence-corrected chi connectivity index (χ0v) is 33.1. The summed E-state index contributed by atoms with van der Waals surface area (Å²) in [5.74, 6) is -0.254. The molecule has 4 heterocycles. The molecule has 0 unspecified atom stereocenters. The number of carbonyl (C=O) groups is 3. The van der Waals surface area contributed by atoms with Gasteiger partial charge < -0.3 is 34.4 Å². The quantitative estimate of drug-likeness (QED) is 0.249. The molecule has 14 nitrogen and oxygen atoms in total. The summed E-state index contributed by atoms with van der Waals surface area (Å²) >= 11 is 0. The molecule has 0 aliphatic carbocycles. The molecule has 2 aromatic carbocycles. The number of nitrogens with zero attached hydrogens (tertiary/aromatic N) is 6. The van der Waals surface area contributed by atoms with Crippen LogP contribution < -0.4 is 10.9 Å². The van der Waals surface area contributed by atoms with Gasteiger partial charge in [0.25, 0.3) is 11.5 Å². The van der Waals surface area contributed by atoms with Gasteiger partial charge in [-0.1, -0.05) is 24.3 Å². The van der Waals surface area contributed by atoms with Crippen LogP contribution in [0.5, 0.6) is 0 Å². The third kappa shape index (κ3) is 11.6. The molecule has 3 aliphatic rings. The number of carbonyl (C=O) groups excluding carboxylic acids is 3. The van der Waals surface area contributed by atoms with Crippen molar-refractivity contribution >= 4 is 28.7 Å². The van der Waals surface area contributed by atoms with Gasteiger partial charge in [0.15, 0.2) is 0 Å².